The highest BCUT2D eigenvalue weighted by Crippen LogP contribution is 2.44. The molecule has 0 unspecified atom stereocenters. The smallest absolute Gasteiger partial charge is 0.407 e. The number of benzene rings is 2. The lowest BCUT2D eigenvalue weighted by atomic mass is 9.88. The minimum absolute atomic E-state index is 0.0248. The summed E-state index contributed by atoms with van der Waals surface area (Å²) in [7, 11) is 0. The van der Waals surface area contributed by atoms with Crippen LogP contribution in [0.1, 0.15) is 89.7 Å². The van der Waals surface area contributed by atoms with Crippen molar-refractivity contribution in [3.05, 3.63) is 169 Å². The van der Waals surface area contributed by atoms with Gasteiger partial charge in [-0.05, 0) is 61.4 Å². The van der Waals surface area contributed by atoms with Crippen LogP contribution < -0.4 is 5.32 Å². The largest absolute Gasteiger partial charge is 0.494 e. The topological polar surface area (TPSA) is 301 Å². The number of cyclic esters (lactones) is 1. The van der Waals surface area contributed by atoms with E-state index in [0.29, 0.717) is 0 Å². The zero-order valence-electron chi connectivity index (χ0n) is 48.1. The molecule has 19 nitrogen and oxygen atoms in total. The number of hydrogen-bond donors (Lipinski definition) is 10. The number of aliphatic hydroxyl groups excluding tert-OH is 9. The highest BCUT2D eigenvalue weighted by atomic mass is 16.7. The van der Waals surface area contributed by atoms with E-state index in [0.717, 1.165) is 22.3 Å². The maximum absolute atomic E-state index is 13.7. The van der Waals surface area contributed by atoms with Crippen LogP contribution >= 0.6 is 0 Å². The van der Waals surface area contributed by atoms with Gasteiger partial charge >= 0.3 is 18.0 Å². The van der Waals surface area contributed by atoms with Crippen LogP contribution in [0.15, 0.2) is 158 Å². The molecule has 3 heterocycles. The molecule has 1 fully saturated rings. The number of esters is 2. The van der Waals surface area contributed by atoms with Crippen molar-refractivity contribution >= 4 is 18.0 Å². The van der Waals surface area contributed by atoms with E-state index in [1.54, 1.807) is 62.5 Å². The van der Waals surface area contributed by atoms with E-state index in [2.05, 4.69) is 11.9 Å². The van der Waals surface area contributed by atoms with Crippen molar-refractivity contribution < 1.29 is 88.8 Å². The zero-order valence-corrected chi connectivity index (χ0v) is 48.1. The molecule has 2 bridgehead atoms. The van der Waals surface area contributed by atoms with E-state index >= 15 is 0 Å². The Morgan fingerprint density at radius 1 is 0.643 bits per heavy atom. The fourth-order valence-corrected chi connectivity index (χ4v) is 10.7. The van der Waals surface area contributed by atoms with Crippen molar-refractivity contribution in [1.29, 1.82) is 0 Å². The van der Waals surface area contributed by atoms with Gasteiger partial charge in [0, 0.05) is 37.0 Å². The van der Waals surface area contributed by atoms with Crippen LogP contribution in [-0.4, -0.2) is 169 Å². The van der Waals surface area contributed by atoms with Gasteiger partial charge in [0.1, 0.15) is 43.5 Å². The molecule has 0 saturated carbocycles. The molecule has 2 aromatic carbocycles. The van der Waals surface area contributed by atoms with Crippen molar-refractivity contribution in [3.63, 3.8) is 0 Å². The molecule has 0 aromatic heterocycles. The van der Waals surface area contributed by atoms with Crippen LogP contribution in [-0.2, 0) is 38.0 Å². The monoisotopic (exact) mass is 1170 g/mol. The number of allylic oxidation sites excluding steroid dienone is 12. The number of hydrogen-bond acceptors (Lipinski definition) is 18. The number of carbonyl (C=O) groups is 3. The summed E-state index contributed by atoms with van der Waals surface area (Å²) in [5.41, 5.74) is 4.05. The number of fused-ring (bicyclic) bond motifs is 5. The summed E-state index contributed by atoms with van der Waals surface area (Å²) in [5.74, 6) is -3.92. The third kappa shape index (κ3) is 19.6. The Labute approximate surface area is 491 Å². The Morgan fingerprint density at radius 3 is 1.85 bits per heavy atom. The molecule has 0 radical (unpaired) electrons. The summed E-state index contributed by atoms with van der Waals surface area (Å²) in [5, 5.41) is 103. The van der Waals surface area contributed by atoms with E-state index in [9.17, 15) is 60.3 Å². The Kier molecular flexibility index (Phi) is 26.6. The standard InChI is InChI=1S/C65H85NO18/c1-6-31-79-63(77)58-55(72)36-47-33-45(69)34-54(71)53(70)30-29-43(67)32-44(68)35-57(73)81-41(4)40(3)60(74)39(2)23-17-15-13-11-9-7-8-10-12-14-16-18-24-46(37-56(58)83-47)84-64-62(76)59(61(75)42(5)82-64)66-65(78)80-38-52-50-27-21-19-25-48(50)49-26-20-22-28-51(49)52/h6-28,36,39-46,52-56,58-62,64,67-72,74-76H,1,29-35,37-38H2,2-5H3,(H,66,78)/t39-,40-,41-,42+,43+,44+,45+,46-,53+,54+,55-,56-,58+,59-,60+,61+,62-,64-/m0/s1. The average molecular weight is 1170 g/mol. The van der Waals surface area contributed by atoms with E-state index in [-0.39, 0.29) is 69.3 Å². The van der Waals surface area contributed by atoms with Crippen molar-refractivity contribution in [2.24, 2.45) is 17.8 Å². The molecule has 1 aliphatic carbocycles. The van der Waals surface area contributed by atoms with E-state index in [4.69, 9.17) is 28.4 Å². The van der Waals surface area contributed by atoms with Gasteiger partial charge in [-0.1, -0.05) is 160 Å². The van der Waals surface area contributed by atoms with Gasteiger partial charge in [0.15, 0.2) is 6.29 Å². The quantitative estimate of drug-likeness (QED) is 0.0856. The van der Waals surface area contributed by atoms with E-state index < -0.39 is 128 Å². The number of nitrogens with one attached hydrogen (secondary N) is 1. The van der Waals surface area contributed by atoms with Crippen LogP contribution in [0.3, 0.4) is 0 Å². The Bertz CT molecular complexity index is 2650. The lowest BCUT2D eigenvalue weighted by Gasteiger charge is -2.43. The van der Waals surface area contributed by atoms with Gasteiger partial charge < -0.3 is 79.7 Å². The van der Waals surface area contributed by atoms with Crippen LogP contribution in [0.5, 0.6) is 0 Å². The van der Waals surface area contributed by atoms with Crippen molar-refractivity contribution in [3.8, 4) is 11.1 Å². The van der Waals surface area contributed by atoms with Crippen molar-refractivity contribution in [2.75, 3.05) is 13.2 Å². The number of aliphatic hydroxyl groups is 9. The summed E-state index contributed by atoms with van der Waals surface area (Å²) in [6.45, 7) is 10.2. The number of ether oxygens (including phenoxy) is 6. The third-order valence-electron chi connectivity index (χ3n) is 15.5. The second-order valence-electron chi connectivity index (χ2n) is 22.0. The zero-order chi connectivity index (χ0) is 60.9. The van der Waals surface area contributed by atoms with Gasteiger partial charge in [-0.2, -0.15) is 0 Å². The lowest BCUT2D eigenvalue weighted by Crippen LogP contribution is -2.64. The molecule has 4 aliphatic rings. The molecule has 19 heteroatoms. The summed E-state index contributed by atoms with van der Waals surface area (Å²) < 4.78 is 35.5. The highest BCUT2D eigenvalue weighted by Gasteiger charge is 2.47. The molecule has 6 rings (SSSR count). The number of rotatable bonds is 8. The third-order valence-corrected chi connectivity index (χ3v) is 15.5. The molecule has 458 valence electrons. The number of carbonyl (C=O) groups excluding carboxylic acids is 3. The maximum atomic E-state index is 13.7. The van der Waals surface area contributed by atoms with Gasteiger partial charge in [-0.3, -0.25) is 9.59 Å². The van der Waals surface area contributed by atoms with E-state index in [1.807, 2.05) is 91.9 Å². The molecule has 0 spiro atoms. The van der Waals surface area contributed by atoms with Crippen LogP contribution in [0.25, 0.3) is 11.1 Å². The normalized spacial score (nSPS) is 33.6. The molecule has 84 heavy (non-hydrogen) atoms. The minimum atomic E-state index is -1.69. The van der Waals surface area contributed by atoms with Crippen molar-refractivity contribution in [1.82, 2.24) is 5.32 Å². The Morgan fingerprint density at radius 2 is 1.23 bits per heavy atom. The Hall–Kier alpha value is -6.33. The van der Waals surface area contributed by atoms with Gasteiger partial charge in [0.25, 0.3) is 0 Å². The fraction of sp³-hybridized carbons (Fsp3) is 0.492. The van der Waals surface area contributed by atoms with Crippen LogP contribution in [0.4, 0.5) is 4.79 Å². The second kappa shape index (κ2) is 33.4. The molecule has 18 atom stereocenters. The molecular weight excluding hydrogens is 1080 g/mol. The second-order valence-corrected chi connectivity index (χ2v) is 22.0. The molecule has 1 amide bonds. The predicted octanol–water partition coefficient (Wildman–Crippen LogP) is 5.74. The summed E-state index contributed by atoms with van der Waals surface area (Å²) in [6.07, 6.45) is 6.80. The van der Waals surface area contributed by atoms with Gasteiger partial charge in [0.2, 0.25) is 0 Å². The first-order valence-electron chi connectivity index (χ1n) is 28.8. The Balaban J connectivity index is 1.21. The fourth-order valence-electron chi connectivity index (χ4n) is 10.7. The van der Waals surface area contributed by atoms with Gasteiger partial charge in [-0.25, -0.2) is 4.79 Å². The lowest BCUT2D eigenvalue weighted by molar-refractivity contribution is -0.280. The first-order chi connectivity index (χ1) is 40.3. The van der Waals surface area contributed by atoms with Crippen LogP contribution in [0, 0.1) is 17.8 Å². The van der Waals surface area contributed by atoms with Gasteiger partial charge in [0.05, 0.1) is 73.2 Å². The number of alkyl carbamates (subject to hydrolysis) is 1. The molecule has 1 saturated heterocycles. The SMILES string of the molecule is C=CCOC(=O)[C@H]1[C@@H]2C[C@@H](O[C@@H]3O[C@H](C)[C@@H](O)[C@H](NC(=O)OCC4c5ccccc5-c5ccccc54)[C@@H]3O)C=CC=CC=CC=CC=CC=CC=C[C@H](C)[C@@H](O)[C@@H](C)[C@H](C)OC(=O)C[C@H](O)C[C@H](O)CC[C@@H](O)[C@H](O)C[C@H](O)CC(=C[C@@H]1O)O2. The van der Waals surface area contributed by atoms with Gasteiger partial charge in [-0.15, -0.1) is 0 Å². The molecule has 10 N–H and O–H groups in total. The first-order valence-corrected chi connectivity index (χ1v) is 28.8. The molecular formula is C65H85NO18. The summed E-state index contributed by atoms with van der Waals surface area (Å²) in [6, 6.07) is 14.3. The van der Waals surface area contributed by atoms with E-state index in [1.165, 1.54) is 19.1 Å². The van der Waals surface area contributed by atoms with Crippen LogP contribution in [0.2, 0.25) is 0 Å². The summed E-state index contributed by atoms with van der Waals surface area (Å²) in [4.78, 5) is 40.0. The first kappa shape index (κ1) is 66.8. The predicted molar refractivity (Wildman–Crippen MR) is 313 cm³/mol. The maximum Gasteiger partial charge on any atom is 0.407 e. The minimum Gasteiger partial charge on any atom is -0.494 e. The number of amides is 1. The highest BCUT2D eigenvalue weighted by molar-refractivity contribution is 5.79. The summed E-state index contributed by atoms with van der Waals surface area (Å²) >= 11 is 0. The average Bonchev–Trinajstić information content (AvgIpc) is 2.24. The molecule has 3 aliphatic heterocycles. The molecule has 2 aromatic rings. The van der Waals surface area contributed by atoms with Crippen molar-refractivity contribution in [2.45, 2.75) is 170 Å².